The van der Waals surface area contributed by atoms with E-state index in [1.54, 1.807) is 0 Å². The molecule has 5 nitrogen and oxygen atoms in total. The molecule has 0 bridgehead atoms. The third-order valence-electron chi connectivity index (χ3n) is 2.54. The largest absolute Gasteiger partial charge is 0.491 e. The van der Waals surface area contributed by atoms with E-state index in [4.69, 9.17) is 26.7 Å². The van der Waals surface area contributed by atoms with Crippen molar-refractivity contribution in [2.24, 2.45) is 0 Å². The number of halogens is 1. The maximum Gasteiger partial charge on any atom is 0.162 e. The number of ether oxygens (including phenoxy) is 1. The molecule has 0 aliphatic heterocycles. The zero-order valence-corrected chi connectivity index (χ0v) is 12.3. The second-order valence-corrected chi connectivity index (χ2v) is 5.10. The Labute approximate surface area is 125 Å². The predicted octanol–water partition coefficient (Wildman–Crippen LogP) is 3.09. The van der Waals surface area contributed by atoms with Crippen molar-refractivity contribution < 1.29 is 9.84 Å². The number of nitriles is 1. The lowest BCUT2D eigenvalue weighted by atomic mass is 10.2. The normalized spacial score (nSPS) is 10.1. The van der Waals surface area contributed by atoms with Gasteiger partial charge in [-0.15, -0.1) is 0 Å². The van der Waals surface area contributed by atoms with Gasteiger partial charge in [-0.1, -0.05) is 11.6 Å². The van der Waals surface area contributed by atoms with E-state index in [0.717, 1.165) is 22.8 Å². The zero-order chi connectivity index (χ0) is 14.5. The minimum absolute atomic E-state index is 0.0235. The average molecular weight is 310 g/mol. The first-order valence-electron chi connectivity index (χ1n) is 5.82. The second kappa shape index (κ2) is 6.57. The Morgan fingerprint density at radius 3 is 3.00 bits per heavy atom. The van der Waals surface area contributed by atoms with Gasteiger partial charge in [0.15, 0.2) is 5.15 Å². The molecule has 1 aromatic carbocycles. The first-order valence-corrected chi connectivity index (χ1v) is 6.97. The summed E-state index contributed by atoms with van der Waals surface area (Å²) in [5, 5.41) is 21.7. The van der Waals surface area contributed by atoms with E-state index in [9.17, 15) is 0 Å². The maximum atomic E-state index is 9.01. The van der Waals surface area contributed by atoms with Crippen molar-refractivity contribution in [1.29, 1.82) is 5.26 Å². The number of hydrogen-bond acceptors (Lipinski definition) is 6. The van der Waals surface area contributed by atoms with Crippen molar-refractivity contribution in [3.8, 4) is 11.8 Å². The van der Waals surface area contributed by atoms with Gasteiger partial charge in [0.2, 0.25) is 0 Å². The highest BCUT2D eigenvalue weighted by atomic mass is 35.5. The molecule has 7 heteroatoms. The molecule has 0 amide bonds. The lowest BCUT2D eigenvalue weighted by Crippen LogP contribution is -2.03. The summed E-state index contributed by atoms with van der Waals surface area (Å²) in [6.45, 7) is 2.14. The van der Waals surface area contributed by atoms with Crippen LogP contribution in [0.15, 0.2) is 18.2 Å². The summed E-state index contributed by atoms with van der Waals surface area (Å²) in [7, 11) is 0. The number of aliphatic hydroxyl groups excluding tert-OH is 1. The topological polar surface area (TPSA) is 78.2 Å². The molecule has 20 heavy (non-hydrogen) atoms. The quantitative estimate of drug-likeness (QED) is 0.887. The number of aryl methyl sites for hydroxylation is 1. The summed E-state index contributed by atoms with van der Waals surface area (Å²) in [6.07, 6.45) is 0. The lowest BCUT2D eigenvalue weighted by molar-refractivity contribution is 0.200. The van der Waals surface area contributed by atoms with Crippen molar-refractivity contribution in [3.63, 3.8) is 0 Å². The summed E-state index contributed by atoms with van der Waals surface area (Å²) in [5.74, 6) is 0.715. The molecule has 0 radical (unpaired) electrons. The standard InChI is InChI=1S/C13H12ClN3O2S/c1-8-6-9(2-3-11(8)19-5-4-18)16-13-10(7-15)12(14)17-20-13/h2-3,6,16,18H,4-5H2,1H3. The van der Waals surface area contributed by atoms with Crippen LogP contribution in [0.5, 0.6) is 5.75 Å². The molecule has 104 valence electrons. The van der Waals surface area contributed by atoms with Gasteiger partial charge in [-0.05, 0) is 42.2 Å². The SMILES string of the molecule is Cc1cc(Nc2snc(Cl)c2C#N)ccc1OCCO. The minimum atomic E-state index is -0.0235. The number of anilines is 2. The summed E-state index contributed by atoms with van der Waals surface area (Å²) in [5.41, 5.74) is 2.09. The second-order valence-electron chi connectivity index (χ2n) is 3.97. The van der Waals surface area contributed by atoms with Crippen LogP contribution in [0.3, 0.4) is 0 Å². The first-order chi connectivity index (χ1) is 9.65. The molecule has 1 heterocycles. The van der Waals surface area contributed by atoms with Crippen LogP contribution in [0.4, 0.5) is 10.7 Å². The van der Waals surface area contributed by atoms with Gasteiger partial charge in [-0.3, -0.25) is 0 Å². The number of nitrogens with one attached hydrogen (secondary N) is 1. The van der Waals surface area contributed by atoms with Crippen molar-refractivity contribution in [1.82, 2.24) is 4.37 Å². The molecule has 0 aliphatic rings. The molecule has 0 fully saturated rings. The number of nitrogens with zero attached hydrogens (tertiary/aromatic N) is 2. The molecule has 2 rings (SSSR count). The summed E-state index contributed by atoms with van der Waals surface area (Å²) >= 11 is 6.96. The van der Waals surface area contributed by atoms with Crippen molar-refractivity contribution in [2.75, 3.05) is 18.5 Å². The Morgan fingerprint density at radius 2 is 2.35 bits per heavy atom. The summed E-state index contributed by atoms with van der Waals surface area (Å²) in [4.78, 5) is 0. The summed E-state index contributed by atoms with van der Waals surface area (Å²) in [6, 6.07) is 7.54. The molecule has 2 aromatic rings. The van der Waals surface area contributed by atoms with Gasteiger partial charge in [0, 0.05) is 5.69 Å². The van der Waals surface area contributed by atoms with Gasteiger partial charge in [0.25, 0.3) is 0 Å². The van der Waals surface area contributed by atoms with Crippen LogP contribution in [0.2, 0.25) is 5.15 Å². The first kappa shape index (κ1) is 14.6. The van der Waals surface area contributed by atoms with Crippen LogP contribution in [-0.2, 0) is 0 Å². The molecule has 0 saturated carbocycles. The van der Waals surface area contributed by atoms with E-state index in [-0.39, 0.29) is 18.4 Å². The van der Waals surface area contributed by atoms with Crippen molar-refractivity contribution in [3.05, 3.63) is 34.5 Å². The summed E-state index contributed by atoms with van der Waals surface area (Å²) < 4.78 is 9.31. The molecule has 1 aromatic heterocycles. The Kier molecular flexibility index (Phi) is 4.79. The van der Waals surface area contributed by atoms with Crippen LogP contribution in [0.1, 0.15) is 11.1 Å². The van der Waals surface area contributed by atoms with Gasteiger partial charge in [0.05, 0.1) is 6.61 Å². The highest BCUT2D eigenvalue weighted by Crippen LogP contribution is 2.31. The molecule has 0 atom stereocenters. The Morgan fingerprint density at radius 1 is 1.55 bits per heavy atom. The average Bonchev–Trinajstić information content (AvgIpc) is 2.78. The number of benzene rings is 1. The van der Waals surface area contributed by atoms with E-state index < -0.39 is 0 Å². The fraction of sp³-hybridized carbons (Fsp3) is 0.231. The lowest BCUT2D eigenvalue weighted by Gasteiger charge is -2.10. The van der Waals surface area contributed by atoms with Crippen molar-refractivity contribution in [2.45, 2.75) is 6.92 Å². The third kappa shape index (κ3) is 3.20. The minimum Gasteiger partial charge on any atom is -0.491 e. The number of aromatic nitrogens is 1. The van der Waals surface area contributed by atoms with Gasteiger partial charge in [-0.25, -0.2) is 0 Å². The number of hydrogen-bond donors (Lipinski definition) is 2. The van der Waals surface area contributed by atoms with Gasteiger partial charge in [-0.2, -0.15) is 9.64 Å². The van der Waals surface area contributed by atoms with Crippen LogP contribution in [-0.4, -0.2) is 22.7 Å². The fourth-order valence-electron chi connectivity index (χ4n) is 1.63. The van der Waals surface area contributed by atoms with Gasteiger partial charge in [0.1, 0.15) is 29.0 Å². The molecular formula is C13H12ClN3O2S. The van der Waals surface area contributed by atoms with Crippen molar-refractivity contribution >= 4 is 33.8 Å². The van der Waals surface area contributed by atoms with Gasteiger partial charge < -0.3 is 15.2 Å². The highest BCUT2D eigenvalue weighted by Gasteiger charge is 2.12. The van der Waals surface area contributed by atoms with Crippen LogP contribution in [0, 0.1) is 18.3 Å². The molecule has 2 N–H and O–H groups in total. The van der Waals surface area contributed by atoms with E-state index in [0.29, 0.717) is 16.3 Å². The Hall–Kier alpha value is -1.81. The fourth-order valence-corrected chi connectivity index (χ4v) is 2.58. The van der Waals surface area contributed by atoms with Crippen LogP contribution >= 0.6 is 23.1 Å². The van der Waals surface area contributed by atoms with Crippen LogP contribution < -0.4 is 10.1 Å². The van der Waals surface area contributed by atoms with E-state index >= 15 is 0 Å². The monoisotopic (exact) mass is 309 g/mol. The van der Waals surface area contributed by atoms with Crippen LogP contribution in [0.25, 0.3) is 0 Å². The zero-order valence-electron chi connectivity index (χ0n) is 10.7. The van der Waals surface area contributed by atoms with E-state index in [1.165, 1.54) is 0 Å². The number of rotatable bonds is 5. The van der Waals surface area contributed by atoms with Gasteiger partial charge >= 0.3 is 0 Å². The molecular weight excluding hydrogens is 298 g/mol. The Bertz CT molecular complexity index is 652. The van der Waals surface area contributed by atoms with E-state index in [1.807, 2.05) is 31.2 Å². The molecule has 0 aliphatic carbocycles. The molecule has 0 saturated heterocycles. The predicted molar refractivity (Wildman–Crippen MR) is 78.9 cm³/mol. The molecule has 0 spiro atoms. The molecule has 0 unspecified atom stereocenters. The third-order valence-corrected chi connectivity index (χ3v) is 3.68. The number of aliphatic hydroxyl groups is 1. The maximum absolute atomic E-state index is 9.01. The highest BCUT2D eigenvalue weighted by molar-refractivity contribution is 7.10. The Balaban J connectivity index is 2.18. The smallest absolute Gasteiger partial charge is 0.162 e. The van der Waals surface area contributed by atoms with E-state index in [2.05, 4.69) is 9.69 Å².